The first-order valence-electron chi connectivity index (χ1n) is 6.43. The minimum absolute atomic E-state index is 0.0620. The SMILES string of the molecule is CCc1cccc(C)c1NC(=O)C1CSCCN1. The Balaban J connectivity index is 2.10. The average molecular weight is 264 g/mol. The number of amides is 1. The van der Waals surface area contributed by atoms with Gasteiger partial charge in [-0.25, -0.2) is 0 Å². The highest BCUT2D eigenvalue weighted by Gasteiger charge is 2.21. The number of aryl methyl sites for hydroxylation is 2. The van der Waals surface area contributed by atoms with E-state index in [2.05, 4.69) is 23.6 Å². The van der Waals surface area contributed by atoms with E-state index >= 15 is 0 Å². The number of anilines is 1. The number of para-hydroxylation sites is 1. The minimum Gasteiger partial charge on any atom is -0.324 e. The second-order valence-electron chi connectivity index (χ2n) is 4.53. The molecule has 18 heavy (non-hydrogen) atoms. The van der Waals surface area contributed by atoms with Gasteiger partial charge in [-0.2, -0.15) is 11.8 Å². The monoisotopic (exact) mass is 264 g/mol. The van der Waals surface area contributed by atoms with Gasteiger partial charge in [0.25, 0.3) is 0 Å². The van der Waals surface area contributed by atoms with Crippen LogP contribution < -0.4 is 10.6 Å². The van der Waals surface area contributed by atoms with Crippen molar-refractivity contribution in [2.24, 2.45) is 0 Å². The summed E-state index contributed by atoms with van der Waals surface area (Å²) in [7, 11) is 0. The Labute approximate surface area is 113 Å². The van der Waals surface area contributed by atoms with E-state index in [9.17, 15) is 4.79 Å². The Kier molecular flexibility index (Phi) is 4.66. The van der Waals surface area contributed by atoms with Gasteiger partial charge in [0, 0.05) is 23.7 Å². The standard InChI is InChI=1S/C14H20N2OS/c1-3-11-6-4-5-10(2)13(11)16-14(17)12-9-18-8-7-15-12/h4-6,12,15H,3,7-9H2,1-2H3,(H,16,17). The summed E-state index contributed by atoms with van der Waals surface area (Å²) in [6.45, 7) is 5.06. The molecule has 0 bridgehead atoms. The zero-order valence-electron chi connectivity index (χ0n) is 11.0. The molecular weight excluding hydrogens is 244 g/mol. The van der Waals surface area contributed by atoms with E-state index in [0.717, 1.165) is 35.7 Å². The van der Waals surface area contributed by atoms with Gasteiger partial charge in [0.1, 0.15) is 0 Å². The predicted octanol–water partition coefficient (Wildman–Crippen LogP) is 2.20. The number of thioether (sulfide) groups is 1. The molecule has 1 saturated heterocycles. The van der Waals surface area contributed by atoms with Crippen molar-refractivity contribution in [1.29, 1.82) is 0 Å². The number of hydrogen-bond acceptors (Lipinski definition) is 3. The van der Waals surface area contributed by atoms with E-state index in [0.29, 0.717) is 0 Å². The molecule has 2 rings (SSSR count). The third-order valence-electron chi connectivity index (χ3n) is 3.23. The largest absolute Gasteiger partial charge is 0.324 e. The average Bonchev–Trinajstić information content (AvgIpc) is 2.42. The Hall–Kier alpha value is -1.000. The fourth-order valence-corrected chi connectivity index (χ4v) is 3.08. The van der Waals surface area contributed by atoms with Crippen molar-refractivity contribution >= 4 is 23.4 Å². The lowest BCUT2D eigenvalue weighted by molar-refractivity contribution is -0.117. The molecule has 2 N–H and O–H groups in total. The summed E-state index contributed by atoms with van der Waals surface area (Å²) >= 11 is 1.83. The van der Waals surface area contributed by atoms with Crippen molar-refractivity contribution in [3.05, 3.63) is 29.3 Å². The zero-order chi connectivity index (χ0) is 13.0. The Morgan fingerprint density at radius 3 is 3.06 bits per heavy atom. The van der Waals surface area contributed by atoms with Gasteiger partial charge >= 0.3 is 0 Å². The summed E-state index contributed by atoms with van der Waals surface area (Å²) in [5.41, 5.74) is 3.32. The molecule has 0 saturated carbocycles. The number of hydrogen-bond donors (Lipinski definition) is 2. The normalized spacial score (nSPS) is 19.6. The van der Waals surface area contributed by atoms with Crippen molar-refractivity contribution in [3.8, 4) is 0 Å². The Morgan fingerprint density at radius 2 is 2.39 bits per heavy atom. The fraction of sp³-hybridized carbons (Fsp3) is 0.500. The van der Waals surface area contributed by atoms with Crippen LogP contribution in [0.2, 0.25) is 0 Å². The van der Waals surface area contributed by atoms with Crippen LogP contribution in [0.15, 0.2) is 18.2 Å². The maximum atomic E-state index is 12.2. The molecule has 1 unspecified atom stereocenters. The summed E-state index contributed by atoms with van der Waals surface area (Å²) in [5, 5.41) is 6.35. The van der Waals surface area contributed by atoms with E-state index in [1.165, 1.54) is 5.56 Å². The number of benzene rings is 1. The lowest BCUT2D eigenvalue weighted by Gasteiger charge is -2.23. The van der Waals surface area contributed by atoms with Crippen molar-refractivity contribution < 1.29 is 4.79 Å². The predicted molar refractivity (Wildman–Crippen MR) is 78.3 cm³/mol. The van der Waals surface area contributed by atoms with Gasteiger partial charge in [0.2, 0.25) is 5.91 Å². The number of nitrogens with one attached hydrogen (secondary N) is 2. The van der Waals surface area contributed by atoms with Crippen molar-refractivity contribution in [2.75, 3.05) is 23.4 Å². The minimum atomic E-state index is -0.0620. The lowest BCUT2D eigenvalue weighted by Crippen LogP contribution is -2.46. The molecule has 0 aliphatic carbocycles. The summed E-state index contributed by atoms with van der Waals surface area (Å²) in [5.74, 6) is 2.04. The molecule has 0 aromatic heterocycles. The Bertz CT molecular complexity index is 428. The van der Waals surface area contributed by atoms with Crippen LogP contribution in [0.5, 0.6) is 0 Å². The topological polar surface area (TPSA) is 41.1 Å². The number of carbonyl (C=O) groups excluding carboxylic acids is 1. The molecule has 1 aliphatic rings. The first-order valence-corrected chi connectivity index (χ1v) is 7.58. The zero-order valence-corrected chi connectivity index (χ0v) is 11.8. The molecule has 4 heteroatoms. The van der Waals surface area contributed by atoms with Crippen LogP contribution in [0.1, 0.15) is 18.1 Å². The highest BCUT2D eigenvalue weighted by molar-refractivity contribution is 7.99. The van der Waals surface area contributed by atoms with Crippen molar-refractivity contribution in [1.82, 2.24) is 5.32 Å². The van der Waals surface area contributed by atoms with Gasteiger partial charge in [-0.3, -0.25) is 4.79 Å². The first kappa shape index (κ1) is 13.4. The van der Waals surface area contributed by atoms with Gasteiger partial charge in [0.05, 0.1) is 6.04 Å². The van der Waals surface area contributed by atoms with Crippen molar-refractivity contribution in [3.63, 3.8) is 0 Å². The van der Waals surface area contributed by atoms with E-state index < -0.39 is 0 Å². The summed E-state index contributed by atoms with van der Waals surface area (Å²) in [6, 6.07) is 6.09. The van der Waals surface area contributed by atoms with E-state index in [1.807, 2.05) is 30.8 Å². The first-order chi connectivity index (χ1) is 8.72. The highest BCUT2D eigenvalue weighted by atomic mass is 32.2. The molecule has 3 nitrogen and oxygen atoms in total. The van der Waals surface area contributed by atoms with Crippen LogP contribution >= 0.6 is 11.8 Å². The summed E-state index contributed by atoms with van der Waals surface area (Å²) in [6.07, 6.45) is 0.935. The fourth-order valence-electron chi connectivity index (χ4n) is 2.15. The third kappa shape index (κ3) is 3.06. The molecule has 0 spiro atoms. The van der Waals surface area contributed by atoms with Crippen LogP contribution in [-0.2, 0) is 11.2 Å². The summed E-state index contributed by atoms with van der Waals surface area (Å²) in [4.78, 5) is 12.2. The second-order valence-corrected chi connectivity index (χ2v) is 5.68. The van der Waals surface area contributed by atoms with Crippen LogP contribution in [0.4, 0.5) is 5.69 Å². The third-order valence-corrected chi connectivity index (χ3v) is 4.29. The van der Waals surface area contributed by atoms with Gasteiger partial charge in [-0.05, 0) is 24.5 Å². The maximum absolute atomic E-state index is 12.2. The van der Waals surface area contributed by atoms with E-state index in [1.54, 1.807) is 0 Å². The molecule has 1 aromatic carbocycles. The molecule has 1 aliphatic heterocycles. The van der Waals surface area contributed by atoms with Crippen LogP contribution in [0, 0.1) is 6.92 Å². The molecule has 1 atom stereocenters. The number of carbonyl (C=O) groups is 1. The summed E-state index contributed by atoms with van der Waals surface area (Å²) < 4.78 is 0. The molecule has 98 valence electrons. The molecular formula is C14H20N2OS. The molecule has 1 fully saturated rings. The van der Waals surface area contributed by atoms with Gasteiger partial charge in [-0.1, -0.05) is 25.1 Å². The van der Waals surface area contributed by atoms with Crippen molar-refractivity contribution in [2.45, 2.75) is 26.3 Å². The lowest BCUT2D eigenvalue weighted by atomic mass is 10.1. The van der Waals surface area contributed by atoms with Gasteiger partial charge in [0.15, 0.2) is 0 Å². The second kappa shape index (κ2) is 6.25. The number of rotatable bonds is 3. The van der Waals surface area contributed by atoms with Crippen LogP contribution in [-0.4, -0.2) is 30.0 Å². The molecule has 1 heterocycles. The van der Waals surface area contributed by atoms with Crippen LogP contribution in [0.25, 0.3) is 0 Å². The molecule has 0 radical (unpaired) electrons. The molecule has 1 amide bonds. The van der Waals surface area contributed by atoms with Gasteiger partial charge in [-0.15, -0.1) is 0 Å². The smallest absolute Gasteiger partial charge is 0.242 e. The van der Waals surface area contributed by atoms with E-state index in [-0.39, 0.29) is 11.9 Å². The van der Waals surface area contributed by atoms with E-state index in [4.69, 9.17) is 0 Å². The highest BCUT2D eigenvalue weighted by Crippen LogP contribution is 2.21. The molecule has 1 aromatic rings. The Morgan fingerprint density at radius 1 is 1.56 bits per heavy atom. The quantitative estimate of drug-likeness (QED) is 0.879. The maximum Gasteiger partial charge on any atom is 0.242 e. The van der Waals surface area contributed by atoms with Gasteiger partial charge < -0.3 is 10.6 Å². The van der Waals surface area contributed by atoms with Crippen LogP contribution in [0.3, 0.4) is 0 Å².